The summed E-state index contributed by atoms with van der Waals surface area (Å²) in [6.45, 7) is 9.30. The van der Waals surface area contributed by atoms with E-state index in [0.29, 0.717) is 32.4 Å². The lowest BCUT2D eigenvalue weighted by Crippen LogP contribution is -2.50. The molecule has 1 aliphatic rings. The van der Waals surface area contributed by atoms with Crippen LogP contribution in [-0.4, -0.2) is 35.2 Å². The van der Waals surface area contributed by atoms with Crippen LogP contribution in [0.2, 0.25) is 0 Å². The van der Waals surface area contributed by atoms with E-state index < -0.39 is 23.8 Å². The van der Waals surface area contributed by atoms with Crippen molar-refractivity contribution < 1.29 is 14.4 Å². The maximum Gasteiger partial charge on any atom is 0.245 e. The van der Waals surface area contributed by atoms with E-state index in [1.807, 2.05) is 37.8 Å². The summed E-state index contributed by atoms with van der Waals surface area (Å²) in [6.07, 6.45) is 4.27. The number of amides is 3. The third kappa shape index (κ3) is 7.91. The highest BCUT2D eigenvalue weighted by molar-refractivity contribution is 5.91. The lowest BCUT2D eigenvalue weighted by Gasteiger charge is -2.29. The number of rotatable bonds is 11. The van der Waals surface area contributed by atoms with Gasteiger partial charge in [0.1, 0.15) is 6.04 Å². The number of benzene rings is 2. The molecule has 3 unspecified atom stereocenters. The molecule has 0 spiro atoms. The van der Waals surface area contributed by atoms with Crippen molar-refractivity contribution in [1.82, 2.24) is 10.2 Å². The zero-order valence-corrected chi connectivity index (χ0v) is 22.8. The number of nitrogens with zero attached hydrogens (tertiary/aromatic N) is 1. The van der Waals surface area contributed by atoms with Gasteiger partial charge in [0, 0.05) is 24.9 Å². The highest BCUT2D eigenvalue weighted by Crippen LogP contribution is 2.27. The van der Waals surface area contributed by atoms with Gasteiger partial charge in [-0.2, -0.15) is 0 Å². The van der Waals surface area contributed by atoms with Crippen LogP contribution in [0.25, 0.3) is 11.1 Å². The van der Waals surface area contributed by atoms with E-state index in [0.717, 1.165) is 36.0 Å². The Bertz CT molecular complexity index is 1080. The van der Waals surface area contributed by atoms with Crippen LogP contribution in [0.1, 0.15) is 70.4 Å². The van der Waals surface area contributed by atoms with Crippen LogP contribution < -0.4 is 11.1 Å². The maximum absolute atomic E-state index is 13.6. The number of primary amides is 1. The van der Waals surface area contributed by atoms with Crippen molar-refractivity contribution in [2.24, 2.45) is 23.5 Å². The van der Waals surface area contributed by atoms with Gasteiger partial charge in [0.25, 0.3) is 0 Å². The molecule has 2 aromatic carbocycles. The first-order chi connectivity index (χ1) is 17.7. The van der Waals surface area contributed by atoms with Crippen molar-refractivity contribution in [1.29, 1.82) is 0 Å². The SMILES string of the molecule is CCCC(C(N)=O)C(CC(C)C)C(=O)NC1CCCCN(Cc2cccc(-c3cccc(C)c3)c2)C1=O. The summed E-state index contributed by atoms with van der Waals surface area (Å²) in [4.78, 5) is 41.1. The van der Waals surface area contributed by atoms with Crippen LogP contribution >= 0.6 is 0 Å². The van der Waals surface area contributed by atoms with Crippen molar-refractivity contribution in [3.63, 3.8) is 0 Å². The van der Waals surface area contributed by atoms with E-state index >= 15 is 0 Å². The fourth-order valence-corrected chi connectivity index (χ4v) is 5.38. The van der Waals surface area contributed by atoms with Crippen molar-refractivity contribution in [3.8, 4) is 11.1 Å². The van der Waals surface area contributed by atoms with Gasteiger partial charge in [0.2, 0.25) is 17.7 Å². The third-order valence-corrected chi connectivity index (χ3v) is 7.26. The van der Waals surface area contributed by atoms with Crippen LogP contribution in [0.4, 0.5) is 0 Å². The molecule has 0 saturated carbocycles. The fourth-order valence-electron chi connectivity index (χ4n) is 5.38. The van der Waals surface area contributed by atoms with Crippen LogP contribution in [0.3, 0.4) is 0 Å². The van der Waals surface area contributed by atoms with E-state index in [9.17, 15) is 14.4 Å². The fraction of sp³-hybridized carbons (Fsp3) is 0.516. The molecular formula is C31H43N3O3. The molecule has 0 aromatic heterocycles. The number of aryl methyl sites for hydroxylation is 1. The zero-order chi connectivity index (χ0) is 26.9. The molecule has 1 fully saturated rings. The van der Waals surface area contributed by atoms with Gasteiger partial charge in [0.15, 0.2) is 0 Å². The van der Waals surface area contributed by atoms with Gasteiger partial charge in [-0.05, 0) is 67.7 Å². The van der Waals surface area contributed by atoms with Crippen LogP contribution in [-0.2, 0) is 20.9 Å². The molecule has 37 heavy (non-hydrogen) atoms. The molecule has 0 aliphatic carbocycles. The van der Waals surface area contributed by atoms with Gasteiger partial charge in [-0.25, -0.2) is 0 Å². The van der Waals surface area contributed by atoms with Crippen LogP contribution in [0, 0.1) is 24.7 Å². The molecule has 1 aliphatic heterocycles. The highest BCUT2D eigenvalue weighted by atomic mass is 16.2. The molecule has 200 valence electrons. The second kappa shape index (κ2) is 13.4. The molecule has 2 aromatic rings. The molecule has 6 heteroatoms. The number of hydrogen-bond donors (Lipinski definition) is 2. The Morgan fingerprint density at radius 1 is 1.05 bits per heavy atom. The summed E-state index contributed by atoms with van der Waals surface area (Å²) >= 11 is 0. The molecule has 3 amide bonds. The minimum absolute atomic E-state index is 0.0544. The normalized spacial score (nSPS) is 17.8. The number of likely N-dealkylation sites (tertiary alicyclic amines) is 1. The molecule has 0 radical (unpaired) electrons. The average Bonchev–Trinajstić information content (AvgIpc) is 3.02. The number of carbonyl (C=O) groups is 3. The summed E-state index contributed by atoms with van der Waals surface area (Å²) in [6, 6.07) is 16.1. The van der Waals surface area contributed by atoms with Gasteiger partial charge in [-0.1, -0.05) is 75.2 Å². The zero-order valence-electron chi connectivity index (χ0n) is 22.8. The molecular weight excluding hydrogens is 462 g/mol. The summed E-state index contributed by atoms with van der Waals surface area (Å²) in [5.74, 6) is -1.53. The molecule has 6 nitrogen and oxygen atoms in total. The Hall–Kier alpha value is -3.15. The molecule has 0 bridgehead atoms. The first-order valence-corrected chi connectivity index (χ1v) is 13.7. The Morgan fingerprint density at radius 2 is 1.76 bits per heavy atom. The quantitative estimate of drug-likeness (QED) is 0.438. The Labute approximate surface area is 222 Å². The van der Waals surface area contributed by atoms with Gasteiger partial charge in [-0.15, -0.1) is 0 Å². The molecule has 3 N–H and O–H groups in total. The number of hydrogen-bond acceptors (Lipinski definition) is 3. The van der Waals surface area contributed by atoms with Gasteiger partial charge in [-0.3, -0.25) is 14.4 Å². The highest BCUT2D eigenvalue weighted by Gasteiger charge is 2.35. The lowest BCUT2D eigenvalue weighted by atomic mass is 9.81. The predicted molar refractivity (Wildman–Crippen MR) is 148 cm³/mol. The Morgan fingerprint density at radius 3 is 2.41 bits per heavy atom. The summed E-state index contributed by atoms with van der Waals surface area (Å²) in [5.41, 5.74) is 10.2. The summed E-state index contributed by atoms with van der Waals surface area (Å²) in [7, 11) is 0. The number of carbonyl (C=O) groups excluding carboxylic acids is 3. The Kier molecular flexibility index (Phi) is 10.3. The topological polar surface area (TPSA) is 92.5 Å². The maximum atomic E-state index is 13.6. The summed E-state index contributed by atoms with van der Waals surface area (Å²) < 4.78 is 0. The smallest absolute Gasteiger partial charge is 0.245 e. The largest absolute Gasteiger partial charge is 0.369 e. The molecule has 1 saturated heterocycles. The Balaban J connectivity index is 1.75. The van der Waals surface area contributed by atoms with E-state index in [-0.39, 0.29) is 17.7 Å². The van der Waals surface area contributed by atoms with Crippen LogP contribution in [0.15, 0.2) is 48.5 Å². The van der Waals surface area contributed by atoms with Crippen molar-refractivity contribution in [2.75, 3.05) is 6.54 Å². The van der Waals surface area contributed by atoms with E-state index in [4.69, 9.17) is 5.73 Å². The molecule has 3 rings (SSSR count). The second-order valence-corrected chi connectivity index (χ2v) is 10.9. The van der Waals surface area contributed by atoms with Crippen LogP contribution in [0.5, 0.6) is 0 Å². The van der Waals surface area contributed by atoms with Crippen molar-refractivity contribution in [2.45, 2.75) is 78.8 Å². The predicted octanol–water partition coefficient (Wildman–Crippen LogP) is 5.22. The van der Waals surface area contributed by atoms with E-state index in [1.54, 1.807) is 0 Å². The monoisotopic (exact) mass is 505 g/mol. The van der Waals surface area contributed by atoms with Crippen molar-refractivity contribution >= 4 is 17.7 Å². The van der Waals surface area contributed by atoms with Gasteiger partial charge < -0.3 is 16.0 Å². The average molecular weight is 506 g/mol. The van der Waals surface area contributed by atoms with Gasteiger partial charge >= 0.3 is 0 Å². The number of nitrogens with one attached hydrogen (secondary N) is 1. The summed E-state index contributed by atoms with van der Waals surface area (Å²) in [5, 5.41) is 3.03. The first-order valence-electron chi connectivity index (χ1n) is 13.7. The first kappa shape index (κ1) is 28.4. The molecule has 1 heterocycles. The van der Waals surface area contributed by atoms with Gasteiger partial charge in [0.05, 0.1) is 0 Å². The van der Waals surface area contributed by atoms with E-state index in [1.165, 1.54) is 5.56 Å². The second-order valence-electron chi connectivity index (χ2n) is 10.9. The standard InChI is InChI=1S/C31H43N3O3/c1-5-10-26(29(32)35)27(17-21(2)3)30(36)33-28-15-6-7-16-34(31(28)37)20-23-12-9-14-25(19-23)24-13-8-11-22(4)18-24/h8-9,11-14,18-19,21,26-28H,5-7,10,15-17,20H2,1-4H3,(H2,32,35)(H,33,36). The minimum atomic E-state index is -0.584. The number of nitrogens with two attached hydrogens (primary N) is 1. The van der Waals surface area contributed by atoms with Crippen molar-refractivity contribution in [3.05, 3.63) is 59.7 Å². The van der Waals surface area contributed by atoms with E-state index in [2.05, 4.69) is 48.6 Å². The lowest BCUT2D eigenvalue weighted by molar-refractivity contribution is -0.139. The third-order valence-electron chi connectivity index (χ3n) is 7.26. The minimum Gasteiger partial charge on any atom is -0.369 e. The molecule has 3 atom stereocenters.